The van der Waals surface area contributed by atoms with Crippen LogP contribution in [0, 0.1) is 12.3 Å². The maximum Gasteiger partial charge on any atom is 0.409 e. The van der Waals surface area contributed by atoms with Crippen molar-refractivity contribution in [1.82, 2.24) is 34.4 Å². The number of imidazole rings is 1. The predicted octanol–water partition coefficient (Wildman–Crippen LogP) is 3.28. The summed E-state index contributed by atoms with van der Waals surface area (Å²) in [5.41, 5.74) is 2.21. The Bertz CT molecular complexity index is 1100. The van der Waals surface area contributed by atoms with E-state index >= 15 is 0 Å². The lowest BCUT2D eigenvalue weighted by atomic mass is 9.99. The number of nitrogens with zero attached hydrogens (tertiary/aromatic N) is 7. The summed E-state index contributed by atoms with van der Waals surface area (Å²) in [6.07, 6.45) is 5.62. The number of likely N-dealkylation sites (tertiary alicyclic amines) is 1. The quantitative estimate of drug-likeness (QED) is 0.646. The van der Waals surface area contributed by atoms with Crippen molar-refractivity contribution >= 4 is 23.1 Å². The summed E-state index contributed by atoms with van der Waals surface area (Å²) in [6.45, 7) is 12.3. The van der Waals surface area contributed by atoms with Gasteiger partial charge in [-0.3, -0.25) is 0 Å². The van der Waals surface area contributed by atoms with E-state index in [4.69, 9.17) is 9.72 Å². The molecule has 0 saturated carbocycles. The summed E-state index contributed by atoms with van der Waals surface area (Å²) < 4.78 is 7.49. The number of hydrogen-bond donors (Lipinski definition) is 1. The summed E-state index contributed by atoms with van der Waals surface area (Å²) in [7, 11) is 0. The van der Waals surface area contributed by atoms with E-state index in [1.54, 1.807) is 17.3 Å². The van der Waals surface area contributed by atoms with E-state index in [9.17, 15) is 4.79 Å². The molecule has 0 aromatic carbocycles. The summed E-state index contributed by atoms with van der Waals surface area (Å²) >= 11 is 0. The van der Waals surface area contributed by atoms with Crippen LogP contribution in [-0.2, 0) is 11.3 Å². The maximum absolute atomic E-state index is 12.4. The molecule has 1 atom stereocenters. The maximum atomic E-state index is 12.4. The van der Waals surface area contributed by atoms with E-state index in [0.29, 0.717) is 43.4 Å². The summed E-state index contributed by atoms with van der Waals surface area (Å²) in [5, 5.41) is 3.46. The van der Waals surface area contributed by atoms with Gasteiger partial charge in [0, 0.05) is 38.1 Å². The molecule has 32 heavy (non-hydrogen) atoms. The minimum absolute atomic E-state index is 0.0576. The molecule has 1 unspecified atom stereocenters. The van der Waals surface area contributed by atoms with Crippen LogP contribution in [0.25, 0.3) is 22.6 Å². The number of hydrogen-bond acceptors (Lipinski definition) is 8. The Hall–Kier alpha value is -3.30. The zero-order valence-electron chi connectivity index (χ0n) is 19.3. The molecular weight excluding hydrogens is 408 g/mol. The number of aryl methyl sites for hydroxylation is 2. The SMILES string of the molecule is CCn1c(-c2cnc(C)nc2)nc2c(NC3CCN(C(=O)OCC(C)(C)C)C3)ncnc21. The van der Waals surface area contributed by atoms with E-state index in [-0.39, 0.29) is 17.6 Å². The monoisotopic (exact) mass is 438 g/mol. The zero-order valence-corrected chi connectivity index (χ0v) is 19.3. The number of carbonyl (C=O) groups excluding carboxylic acids is 1. The van der Waals surface area contributed by atoms with Gasteiger partial charge in [0.15, 0.2) is 17.0 Å². The van der Waals surface area contributed by atoms with Gasteiger partial charge in [0.2, 0.25) is 0 Å². The molecule has 1 amide bonds. The molecule has 0 spiro atoms. The highest BCUT2D eigenvalue weighted by atomic mass is 16.6. The largest absolute Gasteiger partial charge is 0.449 e. The molecule has 1 N–H and O–H groups in total. The Balaban J connectivity index is 1.53. The normalized spacial score (nSPS) is 16.5. The zero-order chi connectivity index (χ0) is 22.9. The van der Waals surface area contributed by atoms with Crippen LogP contribution >= 0.6 is 0 Å². The third-order valence-corrected chi connectivity index (χ3v) is 5.30. The minimum Gasteiger partial charge on any atom is -0.449 e. The van der Waals surface area contributed by atoms with Crippen molar-refractivity contribution in [2.75, 3.05) is 25.0 Å². The van der Waals surface area contributed by atoms with Crippen molar-refractivity contribution in [3.63, 3.8) is 0 Å². The van der Waals surface area contributed by atoms with Crippen LogP contribution in [0.1, 0.15) is 39.9 Å². The van der Waals surface area contributed by atoms with Gasteiger partial charge in [-0.1, -0.05) is 20.8 Å². The Morgan fingerprint density at radius 2 is 1.97 bits per heavy atom. The summed E-state index contributed by atoms with van der Waals surface area (Å²) in [4.78, 5) is 36.5. The van der Waals surface area contributed by atoms with Crippen LogP contribution in [0.4, 0.5) is 10.6 Å². The number of aromatic nitrogens is 6. The van der Waals surface area contributed by atoms with Gasteiger partial charge in [-0.2, -0.15) is 0 Å². The number of amides is 1. The third-order valence-electron chi connectivity index (χ3n) is 5.30. The van der Waals surface area contributed by atoms with E-state index in [2.05, 4.69) is 25.3 Å². The number of carbonyl (C=O) groups is 1. The second-order valence-corrected chi connectivity index (χ2v) is 9.28. The summed E-state index contributed by atoms with van der Waals surface area (Å²) in [6, 6.07) is 0.0632. The van der Waals surface area contributed by atoms with Gasteiger partial charge < -0.3 is 19.5 Å². The molecule has 1 saturated heterocycles. The smallest absolute Gasteiger partial charge is 0.409 e. The first-order valence-electron chi connectivity index (χ1n) is 10.9. The predicted molar refractivity (Wildman–Crippen MR) is 121 cm³/mol. The molecule has 4 heterocycles. The molecule has 170 valence electrons. The van der Waals surface area contributed by atoms with Gasteiger partial charge in [0.1, 0.15) is 18.0 Å². The fourth-order valence-corrected chi connectivity index (χ4v) is 3.68. The van der Waals surface area contributed by atoms with Gasteiger partial charge in [-0.05, 0) is 25.7 Å². The van der Waals surface area contributed by atoms with Crippen LogP contribution in [0.2, 0.25) is 0 Å². The molecule has 0 bridgehead atoms. The number of fused-ring (bicyclic) bond motifs is 1. The van der Waals surface area contributed by atoms with Crippen LogP contribution in [-0.4, -0.2) is 66.2 Å². The highest BCUT2D eigenvalue weighted by Crippen LogP contribution is 2.27. The molecule has 0 aliphatic carbocycles. The lowest BCUT2D eigenvalue weighted by molar-refractivity contribution is 0.0781. The lowest BCUT2D eigenvalue weighted by Gasteiger charge is -2.22. The number of rotatable bonds is 5. The van der Waals surface area contributed by atoms with E-state index in [1.165, 1.54) is 6.33 Å². The first kappa shape index (κ1) is 21.9. The molecule has 1 fully saturated rings. The van der Waals surface area contributed by atoms with E-state index in [0.717, 1.165) is 23.5 Å². The van der Waals surface area contributed by atoms with Crippen molar-refractivity contribution in [2.24, 2.45) is 5.41 Å². The second-order valence-electron chi connectivity index (χ2n) is 9.28. The third kappa shape index (κ3) is 4.63. The molecular formula is C22H30N8O2. The van der Waals surface area contributed by atoms with Crippen LogP contribution in [0.3, 0.4) is 0 Å². The average molecular weight is 439 g/mol. The van der Waals surface area contributed by atoms with Gasteiger partial charge >= 0.3 is 6.09 Å². The number of anilines is 1. The van der Waals surface area contributed by atoms with Gasteiger partial charge in [0.05, 0.1) is 12.2 Å². The second kappa shape index (κ2) is 8.68. The lowest BCUT2D eigenvalue weighted by Crippen LogP contribution is -2.33. The average Bonchev–Trinajstić information content (AvgIpc) is 3.37. The van der Waals surface area contributed by atoms with Crippen molar-refractivity contribution < 1.29 is 9.53 Å². The topological polar surface area (TPSA) is 111 Å². The van der Waals surface area contributed by atoms with E-state index < -0.39 is 0 Å². The standard InChI is InChI=1S/C22H30N8O2/c1-6-30-19(15-9-23-14(2)24-10-15)28-17-18(25-13-26-20(17)30)27-16-7-8-29(11-16)21(31)32-12-22(3,4)5/h9-10,13,16H,6-8,11-12H2,1-5H3,(H,25,26,27). The molecule has 3 aromatic heterocycles. The number of ether oxygens (including phenoxy) is 1. The van der Waals surface area contributed by atoms with Crippen LogP contribution in [0.15, 0.2) is 18.7 Å². The number of nitrogens with one attached hydrogen (secondary N) is 1. The van der Waals surface area contributed by atoms with Crippen molar-refractivity contribution in [3.05, 3.63) is 24.5 Å². The fourth-order valence-electron chi connectivity index (χ4n) is 3.68. The molecule has 1 aliphatic rings. The van der Waals surface area contributed by atoms with E-state index in [1.807, 2.05) is 39.2 Å². The Kier molecular flexibility index (Phi) is 5.94. The van der Waals surface area contributed by atoms with Crippen molar-refractivity contribution in [3.8, 4) is 11.4 Å². The van der Waals surface area contributed by atoms with Crippen LogP contribution in [0.5, 0.6) is 0 Å². The Labute approximate surface area is 187 Å². The Morgan fingerprint density at radius 1 is 1.22 bits per heavy atom. The van der Waals surface area contributed by atoms with Gasteiger partial charge in [0.25, 0.3) is 0 Å². The molecule has 0 radical (unpaired) electrons. The summed E-state index contributed by atoms with van der Waals surface area (Å²) in [5.74, 6) is 2.12. The molecule has 1 aliphatic heterocycles. The minimum atomic E-state index is -0.269. The fraction of sp³-hybridized carbons (Fsp3) is 0.545. The van der Waals surface area contributed by atoms with Crippen molar-refractivity contribution in [1.29, 1.82) is 0 Å². The highest BCUT2D eigenvalue weighted by molar-refractivity contribution is 5.86. The molecule has 10 heteroatoms. The first-order chi connectivity index (χ1) is 15.2. The van der Waals surface area contributed by atoms with Gasteiger partial charge in [-0.25, -0.2) is 29.7 Å². The van der Waals surface area contributed by atoms with Crippen LogP contribution < -0.4 is 5.32 Å². The Morgan fingerprint density at radius 3 is 2.66 bits per heavy atom. The van der Waals surface area contributed by atoms with Crippen molar-refractivity contribution in [2.45, 2.75) is 53.6 Å². The highest BCUT2D eigenvalue weighted by Gasteiger charge is 2.29. The first-order valence-corrected chi connectivity index (χ1v) is 10.9. The molecule has 3 aromatic rings. The molecule has 4 rings (SSSR count). The van der Waals surface area contributed by atoms with Gasteiger partial charge in [-0.15, -0.1) is 0 Å². The molecule has 10 nitrogen and oxygen atoms in total.